The van der Waals surface area contributed by atoms with E-state index < -0.39 is 88.3 Å². The number of hydrogen-bond acceptors (Lipinski definition) is 13. The predicted octanol–water partition coefficient (Wildman–Crippen LogP) is 2.08. The first-order valence-corrected chi connectivity index (χ1v) is 16.8. The highest BCUT2D eigenvalue weighted by Crippen LogP contribution is 2.56. The molecule has 0 aromatic heterocycles. The number of ether oxygens (including phenoxy) is 1. The summed E-state index contributed by atoms with van der Waals surface area (Å²) in [6.07, 6.45) is 2.00. The SMILES string of the molecule is C[C@H]1c2cccc(O)c2C(O)=C2C(=O)[C@]3(O)C(O)=C(C(N)=O)C(=O)[C@@H](N(C)COC(=O)CCCC[C@@H]4CCSS4)[C@@H]3[C@@H](O)[C@@H]21. The van der Waals surface area contributed by atoms with Crippen molar-refractivity contribution in [2.24, 2.45) is 17.6 Å². The van der Waals surface area contributed by atoms with Gasteiger partial charge in [0.25, 0.3) is 5.91 Å². The summed E-state index contributed by atoms with van der Waals surface area (Å²) in [5.41, 5.74) is 1.19. The van der Waals surface area contributed by atoms with Gasteiger partial charge in [-0.15, -0.1) is 0 Å². The number of carbonyl (C=O) groups excluding carboxylic acids is 4. The number of rotatable bonds is 9. The first-order valence-electron chi connectivity index (χ1n) is 14.4. The van der Waals surface area contributed by atoms with Crippen molar-refractivity contribution < 1.29 is 49.4 Å². The number of Topliss-reactive ketones (excluding diaryl/α,β-unsaturated/α-hetero) is 2. The van der Waals surface area contributed by atoms with Crippen LogP contribution in [0.5, 0.6) is 5.75 Å². The zero-order valence-electron chi connectivity index (χ0n) is 24.3. The lowest BCUT2D eigenvalue weighted by atomic mass is 9.54. The normalized spacial score (nSPS) is 31.6. The van der Waals surface area contributed by atoms with Crippen LogP contribution in [0, 0.1) is 11.8 Å². The Bertz CT molecular complexity index is 1450. The number of carbonyl (C=O) groups is 4. The second kappa shape index (κ2) is 12.4. The van der Waals surface area contributed by atoms with Crippen LogP contribution in [0.2, 0.25) is 0 Å². The molecule has 238 valence electrons. The molecular formula is C30H36N2O10S2. The van der Waals surface area contributed by atoms with Crippen LogP contribution in [-0.4, -0.2) is 96.4 Å². The molecule has 1 aliphatic heterocycles. The third kappa shape index (κ3) is 5.19. The average molecular weight is 649 g/mol. The van der Waals surface area contributed by atoms with Crippen molar-refractivity contribution in [3.05, 3.63) is 46.2 Å². The summed E-state index contributed by atoms with van der Waals surface area (Å²) < 4.78 is 5.38. The van der Waals surface area contributed by atoms with E-state index in [1.807, 2.05) is 21.6 Å². The molecule has 2 fully saturated rings. The van der Waals surface area contributed by atoms with Crippen LogP contribution in [0.4, 0.5) is 0 Å². The summed E-state index contributed by atoms with van der Waals surface area (Å²) in [5.74, 6) is -9.16. The fourth-order valence-electron chi connectivity index (χ4n) is 7.03. The number of amides is 1. The van der Waals surface area contributed by atoms with Crippen molar-refractivity contribution in [2.75, 3.05) is 19.5 Å². The highest BCUT2D eigenvalue weighted by Gasteiger charge is 2.68. The lowest BCUT2D eigenvalue weighted by molar-refractivity contribution is -0.176. The maximum atomic E-state index is 14.1. The van der Waals surface area contributed by atoms with E-state index in [0.29, 0.717) is 17.2 Å². The van der Waals surface area contributed by atoms with Crippen LogP contribution >= 0.6 is 21.6 Å². The number of aliphatic hydroxyl groups excluding tert-OH is 3. The number of esters is 1. The van der Waals surface area contributed by atoms with Crippen molar-refractivity contribution in [1.82, 2.24) is 4.90 Å². The number of fused-ring (bicyclic) bond motifs is 3. The number of unbranched alkanes of at least 4 members (excludes halogenated alkanes) is 1. The summed E-state index contributed by atoms with van der Waals surface area (Å²) >= 11 is 0. The van der Waals surface area contributed by atoms with Gasteiger partial charge in [0.1, 0.15) is 29.6 Å². The topological polar surface area (TPSA) is 208 Å². The van der Waals surface area contributed by atoms with Crippen LogP contribution < -0.4 is 5.73 Å². The van der Waals surface area contributed by atoms with Crippen LogP contribution in [0.3, 0.4) is 0 Å². The molecule has 1 aromatic rings. The largest absolute Gasteiger partial charge is 0.508 e. The fraction of sp³-hybridized carbons (Fsp3) is 0.533. The Balaban J connectivity index is 1.45. The number of likely N-dealkylation sites (N-methyl/N-ethyl adjacent to an activating group) is 1. The molecular weight excluding hydrogens is 612 g/mol. The quantitative estimate of drug-likeness (QED) is 0.0746. The van der Waals surface area contributed by atoms with E-state index in [2.05, 4.69) is 0 Å². The third-order valence-electron chi connectivity index (χ3n) is 9.23. The molecule has 1 aromatic carbocycles. The van der Waals surface area contributed by atoms with E-state index in [9.17, 15) is 44.7 Å². The van der Waals surface area contributed by atoms with Gasteiger partial charge in [0.2, 0.25) is 5.78 Å². The second-order valence-corrected chi connectivity index (χ2v) is 14.6. The van der Waals surface area contributed by atoms with Crippen LogP contribution in [-0.2, 0) is 23.9 Å². The minimum absolute atomic E-state index is 0.0687. The number of aliphatic hydroxyl groups is 4. The van der Waals surface area contributed by atoms with Gasteiger partial charge in [-0.3, -0.25) is 24.1 Å². The fourth-order valence-corrected chi connectivity index (χ4v) is 10.1. The predicted molar refractivity (Wildman–Crippen MR) is 162 cm³/mol. The first-order chi connectivity index (χ1) is 20.8. The lowest BCUT2D eigenvalue weighted by Gasteiger charge is -2.53. The van der Waals surface area contributed by atoms with Crippen molar-refractivity contribution in [2.45, 2.75) is 67.9 Å². The molecule has 0 unspecified atom stereocenters. The van der Waals surface area contributed by atoms with Crippen molar-refractivity contribution in [1.29, 1.82) is 0 Å². The van der Waals surface area contributed by atoms with Crippen molar-refractivity contribution in [3.63, 3.8) is 0 Å². The number of ketones is 2. The van der Waals surface area contributed by atoms with Gasteiger partial charge < -0.3 is 36.0 Å². The molecule has 1 amide bonds. The standard InChI is InChI=1S/C30H36N2O10S2/c1-13-15-7-5-8-16(33)19(15)24(35)20-18(13)25(36)22-23(26(37)21(29(31)40)28(39)30(22,41)27(20)38)32(2)12-42-17(34)9-4-3-6-14-10-11-43-44-14/h5,7-8,13-14,18,22-23,25,33,35-36,39,41H,3-4,6,9-12H2,1-2H3,(H2,31,40)/t13-,14+,18+,22+,23-,25-,30-/m0/s1. The number of hydrogen-bond donors (Lipinski definition) is 6. The number of nitrogens with zero attached hydrogens (tertiary/aromatic N) is 1. The molecule has 14 heteroatoms. The summed E-state index contributed by atoms with van der Waals surface area (Å²) in [7, 11) is 5.06. The smallest absolute Gasteiger partial charge is 0.307 e. The molecule has 0 bridgehead atoms. The molecule has 7 N–H and O–H groups in total. The maximum absolute atomic E-state index is 14.1. The van der Waals surface area contributed by atoms with Gasteiger partial charge in [-0.1, -0.05) is 47.1 Å². The number of primary amides is 1. The van der Waals surface area contributed by atoms with Gasteiger partial charge in [0.05, 0.1) is 23.6 Å². The van der Waals surface area contributed by atoms with Crippen LogP contribution in [0.25, 0.3) is 5.76 Å². The van der Waals surface area contributed by atoms with Gasteiger partial charge in [-0.2, -0.15) is 0 Å². The second-order valence-electron chi connectivity index (χ2n) is 11.8. The highest BCUT2D eigenvalue weighted by molar-refractivity contribution is 8.77. The molecule has 1 heterocycles. The molecule has 0 radical (unpaired) electrons. The lowest BCUT2D eigenvalue weighted by Crippen LogP contribution is -2.71. The minimum atomic E-state index is -3.06. The average Bonchev–Trinajstić information content (AvgIpc) is 3.49. The van der Waals surface area contributed by atoms with E-state index in [4.69, 9.17) is 10.5 Å². The zero-order valence-corrected chi connectivity index (χ0v) is 25.9. The summed E-state index contributed by atoms with van der Waals surface area (Å²) in [4.78, 5) is 53.8. The summed E-state index contributed by atoms with van der Waals surface area (Å²) in [5, 5.41) is 57.0. The van der Waals surface area contributed by atoms with Crippen molar-refractivity contribution in [3.8, 4) is 5.75 Å². The van der Waals surface area contributed by atoms with E-state index in [1.54, 1.807) is 13.0 Å². The monoisotopic (exact) mass is 648 g/mol. The third-order valence-corrected chi connectivity index (χ3v) is 12.2. The van der Waals surface area contributed by atoms with Gasteiger partial charge in [0, 0.05) is 28.9 Å². The van der Waals surface area contributed by atoms with E-state index in [0.717, 1.165) is 25.0 Å². The highest BCUT2D eigenvalue weighted by atomic mass is 33.1. The molecule has 44 heavy (non-hydrogen) atoms. The van der Waals surface area contributed by atoms with E-state index in [1.165, 1.54) is 24.1 Å². The number of aromatic hydroxyl groups is 1. The minimum Gasteiger partial charge on any atom is -0.508 e. The van der Waals surface area contributed by atoms with Gasteiger partial charge in [-0.05, 0) is 43.9 Å². The first kappa shape index (κ1) is 32.4. The molecule has 7 atom stereocenters. The number of benzene rings is 1. The van der Waals surface area contributed by atoms with Gasteiger partial charge >= 0.3 is 5.97 Å². The van der Waals surface area contributed by atoms with Gasteiger partial charge in [-0.25, -0.2) is 0 Å². The van der Waals surface area contributed by atoms with Crippen LogP contribution in [0.15, 0.2) is 35.1 Å². The molecule has 3 aliphatic carbocycles. The van der Waals surface area contributed by atoms with Crippen molar-refractivity contribution >= 4 is 50.8 Å². The molecule has 12 nitrogen and oxygen atoms in total. The van der Waals surface area contributed by atoms with E-state index >= 15 is 0 Å². The van der Waals surface area contributed by atoms with Gasteiger partial charge in [0.15, 0.2) is 11.4 Å². The van der Waals surface area contributed by atoms with E-state index in [-0.39, 0.29) is 17.7 Å². The number of phenolic OH excluding ortho intramolecular Hbond substituents is 1. The number of phenols is 1. The summed E-state index contributed by atoms with van der Waals surface area (Å²) in [6.45, 7) is 1.16. The molecule has 0 spiro atoms. The Morgan fingerprint density at radius 3 is 2.57 bits per heavy atom. The number of nitrogens with two attached hydrogens (primary N) is 1. The Morgan fingerprint density at radius 2 is 1.91 bits per heavy atom. The van der Waals surface area contributed by atoms with Crippen LogP contribution in [0.1, 0.15) is 56.1 Å². The molecule has 5 rings (SSSR count). The molecule has 4 aliphatic rings. The molecule has 1 saturated carbocycles. The Kier molecular flexibility index (Phi) is 9.11. The molecule has 1 saturated heterocycles. The summed E-state index contributed by atoms with van der Waals surface area (Å²) in [6, 6.07) is 2.80. The zero-order chi connectivity index (χ0) is 32.1. The maximum Gasteiger partial charge on any atom is 0.307 e. The Labute approximate surface area is 261 Å². The Hall–Kier alpha value is -3.04. The Morgan fingerprint density at radius 1 is 1.18 bits per heavy atom.